The molecule has 2 aromatic carbocycles. The number of hydrogen-bond acceptors (Lipinski definition) is 9. The van der Waals surface area contributed by atoms with Crippen molar-refractivity contribution in [3.63, 3.8) is 0 Å². The Morgan fingerprint density at radius 3 is 2.19 bits per heavy atom. The van der Waals surface area contributed by atoms with Crippen LogP contribution in [0.15, 0.2) is 43.0 Å². The highest BCUT2D eigenvalue weighted by molar-refractivity contribution is 6.08. The first-order valence-electron chi connectivity index (χ1n) is 11.8. The molecule has 4 aromatic rings. The van der Waals surface area contributed by atoms with Crippen LogP contribution in [0.5, 0.6) is 23.0 Å². The summed E-state index contributed by atoms with van der Waals surface area (Å²) in [5.74, 6) is 1.66. The maximum Gasteiger partial charge on any atom is 0.340 e. The van der Waals surface area contributed by atoms with Gasteiger partial charge in [-0.1, -0.05) is 6.07 Å². The fourth-order valence-electron chi connectivity index (χ4n) is 4.13. The standard InChI is InChI=1S/C27H30N4O6/c1-7-36-27(32)26-20(13-31-14-28-29-15-31)30-19-12-24(35-6)23(34-5)11-18(19)25(26)17-8-9-21(37-16(2)3)22(10-17)33-4/h8-12,14-16H,7,13H2,1-6H3. The normalized spacial score (nSPS) is 11.0. The minimum absolute atomic E-state index is 0.0382. The number of aromatic nitrogens is 4. The van der Waals surface area contributed by atoms with E-state index in [0.717, 1.165) is 5.56 Å². The zero-order valence-corrected chi connectivity index (χ0v) is 21.8. The Morgan fingerprint density at radius 2 is 1.57 bits per heavy atom. The molecule has 0 atom stereocenters. The average Bonchev–Trinajstić information content (AvgIpc) is 3.40. The molecular formula is C27H30N4O6. The van der Waals surface area contributed by atoms with Gasteiger partial charge in [0.1, 0.15) is 12.7 Å². The highest BCUT2D eigenvalue weighted by atomic mass is 16.5. The van der Waals surface area contributed by atoms with Crippen LogP contribution in [-0.4, -0.2) is 59.8 Å². The Balaban J connectivity index is 2.08. The topological polar surface area (TPSA) is 107 Å². The first-order chi connectivity index (χ1) is 17.9. The van der Waals surface area contributed by atoms with Gasteiger partial charge in [-0.3, -0.25) is 0 Å². The number of ether oxygens (including phenoxy) is 5. The molecule has 194 valence electrons. The number of esters is 1. The predicted molar refractivity (Wildman–Crippen MR) is 138 cm³/mol. The van der Waals surface area contributed by atoms with E-state index in [-0.39, 0.29) is 19.3 Å². The highest BCUT2D eigenvalue weighted by Gasteiger charge is 2.26. The largest absolute Gasteiger partial charge is 0.493 e. The molecule has 10 heteroatoms. The fraction of sp³-hybridized carbons (Fsp3) is 0.333. The van der Waals surface area contributed by atoms with Crippen molar-refractivity contribution >= 4 is 16.9 Å². The van der Waals surface area contributed by atoms with Crippen LogP contribution in [-0.2, 0) is 11.3 Å². The Morgan fingerprint density at radius 1 is 0.919 bits per heavy atom. The van der Waals surface area contributed by atoms with Gasteiger partial charge in [0.2, 0.25) is 0 Å². The van der Waals surface area contributed by atoms with E-state index < -0.39 is 5.97 Å². The second-order valence-corrected chi connectivity index (χ2v) is 8.42. The first-order valence-corrected chi connectivity index (χ1v) is 11.8. The lowest BCUT2D eigenvalue weighted by molar-refractivity contribution is 0.0525. The Bertz CT molecular complexity index is 1400. The van der Waals surface area contributed by atoms with Crippen LogP contribution in [0.1, 0.15) is 36.8 Å². The summed E-state index contributed by atoms with van der Waals surface area (Å²) in [5, 5.41) is 8.45. The van der Waals surface area contributed by atoms with Crippen molar-refractivity contribution in [2.75, 3.05) is 27.9 Å². The van der Waals surface area contributed by atoms with E-state index in [4.69, 9.17) is 28.7 Å². The molecule has 10 nitrogen and oxygen atoms in total. The lowest BCUT2D eigenvalue weighted by Crippen LogP contribution is -2.15. The summed E-state index contributed by atoms with van der Waals surface area (Å²) < 4.78 is 29.9. The minimum Gasteiger partial charge on any atom is -0.493 e. The second kappa shape index (κ2) is 11.2. The summed E-state index contributed by atoms with van der Waals surface area (Å²) in [7, 11) is 4.70. The lowest BCUT2D eigenvalue weighted by Gasteiger charge is -2.20. The van der Waals surface area contributed by atoms with Gasteiger partial charge in [-0.25, -0.2) is 9.78 Å². The zero-order chi connectivity index (χ0) is 26.5. The van der Waals surface area contributed by atoms with Crippen LogP contribution in [0, 0.1) is 0 Å². The molecule has 0 fully saturated rings. The van der Waals surface area contributed by atoms with Crippen molar-refractivity contribution in [2.24, 2.45) is 0 Å². The maximum atomic E-state index is 13.5. The summed E-state index contributed by atoms with van der Waals surface area (Å²) in [6.07, 6.45) is 3.09. The van der Waals surface area contributed by atoms with Gasteiger partial charge in [0, 0.05) is 17.0 Å². The van der Waals surface area contributed by atoms with Gasteiger partial charge in [0.05, 0.1) is 57.4 Å². The number of hydrogen-bond donors (Lipinski definition) is 0. The number of nitrogens with zero attached hydrogens (tertiary/aromatic N) is 4. The molecule has 4 rings (SSSR count). The number of benzene rings is 2. The molecule has 0 N–H and O–H groups in total. The molecule has 0 radical (unpaired) electrons. The van der Waals surface area contributed by atoms with Crippen molar-refractivity contribution in [2.45, 2.75) is 33.4 Å². The number of carbonyl (C=O) groups excluding carboxylic acids is 1. The van der Waals surface area contributed by atoms with E-state index in [0.29, 0.717) is 50.7 Å². The molecule has 0 saturated carbocycles. The number of fused-ring (bicyclic) bond motifs is 1. The Kier molecular flexibility index (Phi) is 7.76. The van der Waals surface area contributed by atoms with E-state index in [1.165, 1.54) is 0 Å². The van der Waals surface area contributed by atoms with Gasteiger partial charge in [-0.15, -0.1) is 10.2 Å². The first kappa shape index (κ1) is 25.7. The minimum atomic E-state index is -0.494. The number of carbonyl (C=O) groups is 1. The van der Waals surface area contributed by atoms with Crippen molar-refractivity contribution in [1.29, 1.82) is 0 Å². The molecule has 0 aliphatic rings. The van der Waals surface area contributed by atoms with Gasteiger partial charge in [0.15, 0.2) is 23.0 Å². The highest BCUT2D eigenvalue weighted by Crippen LogP contribution is 2.42. The van der Waals surface area contributed by atoms with Gasteiger partial charge in [-0.05, 0) is 44.5 Å². The summed E-state index contributed by atoms with van der Waals surface area (Å²) >= 11 is 0. The van der Waals surface area contributed by atoms with Crippen LogP contribution in [0.25, 0.3) is 22.0 Å². The van der Waals surface area contributed by atoms with E-state index in [2.05, 4.69) is 10.2 Å². The monoisotopic (exact) mass is 506 g/mol. The Labute approximate surface area is 215 Å². The lowest BCUT2D eigenvalue weighted by atomic mass is 9.93. The molecule has 0 saturated heterocycles. The van der Waals surface area contributed by atoms with Gasteiger partial charge in [-0.2, -0.15) is 0 Å². The van der Waals surface area contributed by atoms with Crippen LogP contribution in [0.3, 0.4) is 0 Å². The van der Waals surface area contributed by atoms with E-state index in [1.54, 1.807) is 51.5 Å². The van der Waals surface area contributed by atoms with Gasteiger partial charge < -0.3 is 28.3 Å². The van der Waals surface area contributed by atoms with Crippen molar-refractivity contribution in [3.05, 3.63) is 54.2 Å². The molecule has 0 unspecified atom stereocenters. The maximum absolute atomic E-state index is 13.5. The van der Waals surface area contributed by atoms with Gasteiger partial charge >= 0.3 is 5.97 Å². The molecule has 37 heavy (non-hydrogen) atoms. The molecule has 2 heterocycles. The summed E-state index contributed by atoms with van der Waals surface area (Å²) in [6, 6.07) is 9.16. The second-order valence-electron chi connectivity index (χ2n) is 8.42. The van der Waals surface area contributed by atoms with Crippen molar-refractivity contribution in [3.8, 4) is 34.1 Å². The fourth-order valence-corrected chi connectivity index (χ4v) is 4.13. The van der Waals surface area contributed by atoms with Crippen molar-refractivity contribution < 1.29 is 28.5 Å². The smallest absolute Gasteiger partial charge is 0.340 e. The van der Waals surface area contributed by atoms with E-state index in [1.807, 2.05) is 38.1 Å². The molecular weight excluding hydrogens is 476 g/mol. The third-order valence-corrected chi connectivity index (χ3v) is 5.66. The summed E-state index contributed by atoms with van der Waals surface area (Å²) in [6.45, 7) is 6.11. The number of methoxy groups -OCH3 is 3. The molecule has 2 aromatic heterocycles. The molecule has 0 aliphatic heterocycles. The zero-order valence-electron chi connectivity index (χ0n) is 21.8. The molecule has 0 bridgehead atoms. The van der Waals surface area contributed by atoms with E-state index in [9.17, 15) is 4.79 Å². The van der Waals surface area contributed by atoms with E-state index >= 15 is 0 Å². The average molecular weight is 507 g/mol. The van der Waals surface area contributed by atoms with Crippen molar-refractivity contribution in [1.82, 2.24) is 19.7 Å². The van der Waals surface area contributed by atoms with Crippen LogP contribution >= 0.6 is 0 Å². The third kappa shape index (κ3) is 5.28. The Hall–Kier alpha value is -4.34. The number of rotatable bonds is 10. The molecule has 0 amide bonds. The van der Waals surface area contributed by atoms with Crippen LogP contribution < -0.4 is 18.9 Å². The predicted octanol–water partition coefficient (Wildman–Crippen LogP) is 4.53. The van der Waals surface area contributed by atoms with Crippen LogP contribution in [0.4, 0.5) is 0 Å². The van der Waals surface area contributed by atoms with Crippen LogP contribution in [0.2, 0.25) is 0 Å². The number of pyridine rings is 1. The molecule has 0 aliphatic carbocycles. The quantitative estimate of drug-likeness (QED) is 0.287. The summed E-state index contributed by atoms with van der Waals surface area (Å²) in [4.78, 5) is 18.3. The summed E-state index contributed by atoms with van der Waals surface area (Å²) in [5.41, 5.74) is 2.79. The SMILES string of the molecule is CCOC(=O)c1c(Cn2cnnc2)nc2cc(OC)c(OC)cc2c1-c1ccc(OC(C)C)c(OC)c1. The van der Waals surface area contributed by atoms with Gasteiger partial charge in [0.25, 0.3) is 0 Å². The molecule has 0 spiro atoms. The third-order valence-electron chi connectivity index (χ3n) is 5.66.